The first kappa shape index (κ1) is 23.6. The van der Waals surface area contributed by atoms with E-state index >= 15 is 0 Å². The summed E-state index contributed by atoms with van der Waals surface area (Å²) < 4.78 is 0. The van der Waals surface area contributed by atoms with E-state index in [1.807, 2.05) is 44.0 Å². The van der Waals surface area contributed by atoms with Crippen LogP contribution in [0.1, 0.15) is 54.3 Å². The van der Waals surface area contributed by atoms with Crippen LogP contribution in [0.25, 0.3) is 22.0 Å². The number of Topliss-reactive ketones (excluding diaryl/α,β-unsaturated/α-hetero) is 1. The molecule has 0 bridgehead atoms. The number of anilines is 1. The lowest BCUT2D eigenvalue weighted by Crippen LogP contribution is -2.47. The van der Waals surface area contributed by atoms with Crippen LogP contribution in [-0.4, -0.2) is 72.8 Å². The molecule has 184 valence electrons. The highest BCUT2D eigenvalue weighted by atomic mass is 16.2. The second-order valence-electron chi connectivity index (χ2n) is 11.1. The van der Waals surface area contributed by atoms with Gasteiger partial charge in [0.1, 0.15) is 0 Å². The third kappa shape index (κ3) is 4.72. The van der Waals surface area contributed by atoms with Crippen molar-refractivity contribution in [1.29, 1.82) is 0 Å². The molecule has 2 fully saturated rings. The summed E-state index contributed by atoms with van der Waals surface area (Å²) in [7, 11) is 2.10. The van der Waals surface area contributed by atoms with Gasteiger partial charge in [0, 0.05) is 78.6 Å². The zero-order valence-electron chi connectivity index (χ0n) is 21.4. The normalized spacial score (nSPS) is 17.4. The fourth-order valence-corrected chi connectivity index (χ4v) is 5.14. The number of aromatic amines is 1. The Morgan fingerprint density at radius 3 is 2.26 bits per heavy atom. The number of H-pyrrole nitrogens is 1. The lowest BCUT2D eigenvalue weighted by atomic mass is 9.86. The monoisotopic (exact) mass is 472 g/mol. The van der Waals surface area contributed by atoms with Gasteiger partial charge in [-0.05, 0) is 61.3 Å². The van der Waals surface area contributed by atoms with Crippen molar-refractivity contribution in [2.45, 2.75) is 33.6 Å². The molecule has 2 aliphatic heterocycles. The average molecular weight is 473 g/mol. The number of aromatic nitrogens is 1. The van der Waals surface area contributed by atoms with Crippen molar-refractivity contribution in [3.05, 3.63) is 53.7 Å². The fraction of sp³-hybridized carbons (Fsp3) is 0.448. The van der Waals surface area contributed by atoms with Gasteiger partial charge in [-0.3, -0.25) is 9.59 Å². The van der Waals surface area contributed by atoms with Crippen LogP contribution in [-0.2, 0) is 0 Å². The van der Waals surface area contributed by atoms with Crippen molar-refractivity contribution in [2.24, 2.45) is 5.41 Å². The summed E-state index contributed by atoms with van der Waals surface area (Å²) in [6, 6.07) is 12.5. The SMILES string of the molecule is CN1CCN(C(=O)c2cc(-c3ccc4[nH]cc(C(=O)C(C)(C)C)c4c3)cc(N3CCCC3)c2)CC1. The lowest BCUT2D eigenvalue weighted by molar-refractivity contribution is 0.0664. The van der Waals surface area contributed by atoms with E-state index in [9.17, 15) is 9.59 Å². The maximum absolute atomic E-state index is 13.5. The molecule has 1 aromatic heterocycles. The molecule has 2 aliphatic rings. The third-order valence-corrected chi connectivity index (χ3v) is 7.37. The number of nitrogens with zero attached hydrogens (tertiary/aromatic N) is 3. The van der Waals surface area contributed by atoms with E-state index < -0.39 is 5.41 Å². The summed E-state index contributed by atoms with van der Waals surface area (Å²) in [6.45, 7) is 11.2. The van der Waals surface area contributed by atoms with E-state index in [0.29, 0.717) is 0 Å². The van der Waals surface area contributed by atoms with E-state index in [1.54, 1.807) is 0 Å². The summed E-state index contributed by atoms with van der Waals surface area (Å²) in [5.41, 5.74) is 5.11. The van der Waals surface area contributed by atoms with Crippen LogP contribution < -0.4 is 4.90 Å². The van der Waals surface area contributed by atoms with Crippen LogP contribution in [0.3, 0.4) is 0 Å². The molecule has 0 saturated carbocycles. The Kier molecular flexibility index (Phi) is 6.18. The minimum atomic E-state index is -0.455. The minimum Gasteiger partial charge on any atom is -0.371 e. The minimum absolute atomic E-state index is 0.103. The Balaban J connectivity index is 1.57. The van der Waals surface area contributed by atoms with Gasteiger partial charge in [-0.25, -0.2) is 0 Å². The van der Waals surface area contributed by atoms with E-state index in [-0.39, 0.29) is 11.7 Å². The Bertz CT molecular complexity index is 1260. The van der Waals surface area contributed by atoms with Gasteiger partial charge in [0.05, 0.1) is 0 Å². The van der Waals surface area contributed by atoms with Crippen molar-refractivity contribution in [3.8, 4) is 11.1 Å². The molecular formula is C29H36N4O2. The van der Waals surface area contributed by atoms with Gasteiger partial charge in [0.15, 0.2) is 5.78 Å². The highest BCUT2D eigenvalue weighted by molar-refractivity contribution is 6.11. The second kappa shape index (κ2) is 9.15. The molecule has 0 spiro atoms. The summed E-state index contributed by atoms with van der Waals surface area (Å²) in [5.74, 6) is 0.226. The van der Waals surface area contributed by atoms with Crippen molar-refractivity contribution in [3.63, 3.8) is 0 Å². The van der Waals surface area contributed by atoms with E-state index in [4.69, 9.17) is 0 Å². The number of nitrogens with one attached hydrogen (secondary N) is 1. The molecule has 6 nitrogen and oxygen atoms in total. The Morgan fingerprint density at radius 1 is 0.857 bits per heavy atom. The maximum Gasteiger partial charge on any atom is 0.254 e. The Morgan fingerprint density at radius 2 is 1.57 bits per heavy atom. The smallest absolute Gasteiger partial charge is 0.254 e. The highest BCUT2D eigenvalue weighted by Gasteiger charge is 2.26. The third-order valence-electron chi connectivity index (χ3n) is 7.37. The molecule has 3 aromatic rings. The second-order valence-corrected chi connectivity index (χ2v) is 11.1. The quantitative estimate of drug-likeness (QED) is 0.540. The Hall–Kier alpha value is -3.12. The van der Waals surface area contributed by atoms with Crippen LogP contribution in [0.2, 0.25) is 0 Å². The average Bonchev–Trinajstić information content (AvgIpc) is 3.53. The van der Waals surface area contributed by atoms with Gasteiger partial charge in [-0.1, -0.05) is 26.8 Å². The van der Waals surface area contributed by atoms with Gasteiger partial charge in [0.25, 0.3) is 5.91 Å². The Labute approximate surface area is 207 Å². The number of amides is 1. The maximum atomic E-state index is 13.5. The molecule has 0 atom stereocenters. The van der Waals surface area contributed by atoms with Crippen LogP contribution in [0.5, 0.6) is 0 Å². The summed E-state index contributed by atoms with van der Waals surface area (Å²) in [4.78, 5) is 36.5. The van der Waals surface area contributed by atoms with Gasteiger partial charge in [-0.15, -0.1) is 0 Å². The van der Waals surface area contributed by atoms with Gasteiger partial charge in [-0.2, -0.15) is 0 Å². The number of hydrogen-bond acceptors (Lipinski definition) is 4. The summed E-state index contributed by atoms with van der Waals surface area (Å²) in [6.07, 6.45) is 4.18. The van der Waals surface area contributed by atoms with Crippen molar-refractivity contribution in [1.82, 2.24) is 14.8 Å². The molecule has 0 aliphatic carbocycles. The first-order chi connectivity index (χ1) is 16.7. The molecule has 2 saturated heterocycles. The predicted octanol–water partition coefficient (Wildman–Crippen LogP) is 5.05. The molecule has 1 amide bonds. The van der Waals surface area contributed by atoms with Gasteiger partial charge < -0.3 is 19.7 Å². The first-order valence-corrected chi connectivity index (χ1v) is 12.7. The highest BCUT2D eigenvalue weighted by Crippen LogP contribution is 2.33. The summed E-state index contributed by atoms with van der Waals surface area (Å²) >= 11 is 0. The number of rotatable bonds is 4. The number of hydrogen-bond donors (Lipinski definition) is 1. The first-order valence-electron chi connectivity index (χ1n) is 12.7. The fourth-order valence-electron chi connectivity index (χ4n) is 5.14. The molecule has 1 N–H and O–H groups in total. The van der Waals surface area contributed by atoms with Crippen molar-refractivity contribution in [2.75, 3.05) is 51.2 Å². The van der Waals surface area contributed by atoms with Crippen molar-refractivity contribution < 1.29 is 9.59 Å². The molecule has 6 heteroatoms. The van der Waals surface area contributed by atoms with Crippen molar-refractivity contribution >= 4 is 28.3 Å². The molecule has 0 radical (unpaired) electrons. The number of ketones is 1. The van der Waals surface area contributed by atoms with Gasteiger partial charge >= 0.3 is 0 Å². The van der Waals surface area contributed by atoms with E-state index in [2.05, 4.69) is 46.1 Å². The topological polar surface area (TPSA) is 59.7 Å². The standard InChI is InChI=1S/C29H36N4O2/c1-29(2,3)27(34)25-19-30-26-8-7-20(18-24(25)26)21-15-22(17-23(16-21)32-9-5-6-10-32)28(35)33-13-11-31(4)12-14-33/h7-8,15-19,30H,5-6,9-14H2,1-4H3. The zero-order valence-corrected chi connectivity index (χ0v) is 21.4. The van der Waals surface area contributed by atoms with Crippen LogP contribution in [0.15, 0.2) is 42.6 Å². The van der Waals surface area contributed by atoms with Gasteiger partial charge in [0.2, 0.25) is 0 Å². The number of fused-ring (bicyclic) bond motifs is 1. The molecule has 5 rings (SSSR count). The number of piperazine rings is 1. The van der Waals surface area contributed by atoms with E-state index in [1.165, 1.54) is 12.8 Å². The number of benzene rings is 2. The molecular weight excluding hydrogens is 436 g/mol. The molecule has 2 aromatic carbocycles. The predicted molar refractivity (Wildman–Crippen MR) is 142 cm³/mol. The molecule has 35 heavy (non-hydrogen) atoms. The largest absolute Gasteiger partial charge is 0.371 e. The van der Waals surface area contributed by atoms with Crippen LogP contribution in [0.4, 0.5) is 5.69 Å². The number of carbonyl (C=O) groups is 2. The van der Waals surface area contributed by atoms with E-state index in [0.717, 1.165) is 78.1 Å². The number of carbonyl (C=O) groups excluding carboxylic acids is 2. The van der Waals surface area contributed by atoms with Crippen LogP contribution in [0, 0.1) is 5.41 Å². The van der Waals surface area contributed by atoms with Crippen LogP contribution >= 0.6 is 0 Å². The summed E-state index contributed by atoms with van der Waals surface area (Å²) in [5, 5.41) is 0.931. The zero-order chi connectivity index (χ0) is 24.7. The molecule has 3 heterocycles. The number of likely N-dealkylation sites (N-methyl/N-ethyl adjacent to an activating group) is 1. The molecule has 0 unspecified atom stereocenters. The lowest BCUT2D eigenvalue weighted by Gasteiger charge is -2.32.